The number of hydrogen-bond acceptors (Lipinski definition) is 7. The fourth-order valence-electron chi connectivity index (χ4n) is 5.11. The van der Waals surface area contributed by atoms with Gasteiger partial charge in [0, 0.05) is 37.1 Å². The highest BCUT2D eigenvalue weighted by atomic mass is 16.6. The van der Waals surface area contributed by atoms with Gasteiger partial charge in [0.15, 0.2) is 17.4 Å². The van der Waals surface area contributed by atoms with Crippen LogP contribution in [-0.4, -0.2) is 77.9 Å². The maximum atomic E-state index is 12.8. The standard InChI is InChI=1S/C31H29N5O4/c1-35-10-12-36(13-11-35)28(37)17-20-2-6-23(7-3-20)33-30(22-5-9-26-27(18-22)40-15-14-39-26)29-24-8-4-21(19-32)16-25(24)34-31(29)38/h2-9,16,18,34,38H,10-15,17H2,1H3. The predicted octanol–water partition coefficient (Wildman–Crippen LogP) is 4.00. The van der Waals surface area contributed by atoms with Crippen LogP contribution in [0.4, 0.5) is 5.69 Å². The van der Waals surface area contributed by atoms with Crippen LogP contribution < -0.4 is 9.47 Å². The van der Waals surface area contributed by atoms with E-state index in [2.05, 4.69) is 23.0 Å². The molecule has 0 aliphatic carbocycles. The van der Waals surface area contributed by atoms with Gasteiger partial charge < -0.3 is 29.4 Å². The van der Waals surface area contributed by atoms with Crippen LogP contribution in [0.3, 0.4) is 0 Å². The monoisotopic (exact) mass is 535 g/mol. The lowest BCUT2D eigenvalue weighted by molar-refractivity contribution is -0.132. The van der Waals surface area contributed by atoms with E-state index < -0.39 is 0 Å². The summed E-state index contributed by atoms with van der Waals surface area (Å²) < 4.78 is 11.5. The third-order valence-electron chi connectivity index (χ3n) is 7.35. The van der Waals surface area contributed by atoms with Gasteiger partial charge in [0.1, 0.15) is 13.2 Å². The van der Waals surface area contributed by atoms with Crippen molar-refractivity contribution >= 4 is 28.2 Å². The van der Waals surface area contributed by atoms with Crippen molar-refractivity contribution in [3.8, 4) is 23.4 Å². The Kier molecular flexibility index (Phi) is 6.84. The zero-order valence-corrected chi connectivity index (χ0v) is 22.2. The van der Waals surface area contributed by atoms with Crippen LogP contribution in [0.5, 0.6) is 17.4 Å². The summed E-state index contributed by atoms with van der Waals surface area (Å²) in [5.74, 6) is 1.35. The summed E-state index contributed by atoms with van der Waals surface area (Å²) in [6, 6.07) is 20.5. The number of rotatable bonds is 5. The van der Waals surface area contributed by atoms with Crippen LogP contribution >= 0.6 is 0 Å². The van der Waals surface area contributed by atoms with E-state index in [1.165, 1.54) is 0 Å². The molecule has 1 saturated heterocycles. The van der Waals surface area contributed by atoms with Crippen LogP contribution in [0, 0.1) is 11.3 Å². The third-order valence-corrected chi connectivity index (χ3v) is 7.35. The smallest absolute Gasteiger partial charge is 0.227 e. The Hall–Kier alpha value is -4.81. The fraction of sp³-hybridized carbons (Fsp3) is 0.258. The number of aliphatic imine (C=N–C) groups is 1. The zero-order chi connectivity index (χ0) is 27.6. The fourth-order valence-corrected chi connectivity index (χ4v) is 5.11. The first-order chi connectivity index (χ1) is 19.5. The highest BCUT2D eigenvalue weighted by Gasteiger charge is 2.22. The summed E-state index contributed by atoms with van der Waals surface area (Å²) >= 11 is 0. The van der Waals surface area contributed by atoms with E-state index in [0.717, 1.165) is 42.7 Å². The number of piperazine rings is 1. The summed E-state index contributed by atoms with van der Waals surface area (Å²) in [5.41, 5.74) is 4.50. The number of amides is 1. The lowest BCUT2D eigenvalue weighted by Crippen LogP contribution is -2.47. The van der Waals surface area contributed by atoms with Crippen molar-refractivity contribution in [1.82, 2.24) is 14.8 Å². The van der Waals surface area contributed by atoms with Crippen molar-refractivity contribution in [3.63, 3.8) is 0 Å². The summed E-state index contributed by atoms with van der Waals surface area (Å²) in [7, 11) is 2.07. The molecule has 0 saturated carbocycles. The number of fused-ring (bicyclic) bond motifs is 2. The van der Waals surface area contributed by atoms with Crippen LogP contribution in [0.2, 0.25) is 0 Å². The molecule has 1 fully saturated rings. The Morgan fingerprint density at radius 2 is 1.75 bits per heavy atom. The van der Waals surface area contributed by atoms with Gasteiger partial charge in [-0.1, -0.05) is 18.2 Å². The molecule has 0 atom stereocenters. The number of hydrogen-bond donors (Lipinski definition) is 2. The molecule has 2 N–H and O–H groups in total. The Morgan fingerprint density at radius 1 is 1.00 bits per heavy atom. The topological polar surface area (TPSA) is 114 Å². The predicted molar refractivity (Wildman–Crippen MR) is 152 cm³/mol. The molecule has 4 aromatic rings. The van der Waals surface area contributed by atoms with Gasteiger partial charge in [-0.2, -0.15) is 5.26 Å². The first-order valence-electron chi connectivity index (χ1n) is 13.3. The summed E-state index contributed by atoms with van der Waals surface area (Å²) in [4.78, 5) is 24.9. The van der Waals surface area contributed by atoms with Crippen LogP contribution in [0.25, 0.3) is 10.9 Å². The second-order valence-electron chi connectivity index (χ2n) is 10.1. The number of nitrogens with zero attached hydrogens (tertiary/aromatic N) is 4. The highest BCUT2D eigenvalue weighted by Crippen LogP contribution is 2.36. The van der Waals surface area contributed by atoms with Crippen molar-refractivity contribution in [2.45, 2.75) is 6.42 Å². The molecule has 3 aromatic carbocycles. The molecule has 1 aromatic heterocycles. The molecular formula is C31H29N5O4. The number of aromatic amines is 1. The number of ether oxygens (including phenoxy) is 2. The van der Waals surface area contributed by atoms with E-state index in [4.69, 9.17) is 14.5 Å². The van der Waals surface area contributed by atoms with E-state index in [9.17, 15) is 15.2 Å². The molecule has 2 aliphatic heterocycles. The number of nitriles is 1. The van der Waals surface area contributed by atoms with Crippen LogP contribution in [0.15, 0.2) is 65.7 Å². The number of H-pyrrole nitrogens is 1. The molecule has 6 rings (SSSR count). The molecule has 202 valence electrons. The van der Waals surface area contributed by atoms with E-state index in [-0.39, 0.29) is 11.8 Å². The number of aromatic hydroxyl groups is 1. The number of carbonyl (C=O) groups is 1. The molecule has 9 nitrogen and oxygen atoms in total. The Morgan fingerprint density at radius 3 is 2.50 bits per heavy atom. The molecular weight excluding hydrogens is 506 g/mol. The molecule has 40 heavy (non-hydrogen) atoms. The molecule has 9 heteroatoms. The highest BCUT2D eigenvalue weighted by molar-refractivity contribution is 6.22. The van der Waals surface area contributed by atoms with E-state index in [1.807, 2.05) is 47.4 Å². The minimum absolute atomic E-state index is 0.0480. The van der Waals surface area contributed by atoms with E-state index >= 15 is 0 Å². The quantitative estimate of drug-likeness (QED) is 0.374. The van der Waals surface area contributed by atoms with Gasteiger partial charge in [0.25, 0.3) is 0 Å². The van der Waals surface area contributed by atoms with Gasteiger partial charge >= 0.3 is 0 Å². The summed E-state index contributed by atoms with van der Waals surface area (Å²) in [5, 5.41) is 21.1. The van der Waals surface area contributed by atoms with Gasteiger partial charge in [-0.3, -0.25) is 4.79 Å². The third kappa shape index (κ3) is 5.09. The molecule has 0 spiro atoms. The minimum Gasteiger partial charge on any atom is -0.494 e. The van der Waals surface area contributed by atoms with E-state index in [1.54, 1.807) is 18.2 Å². The molecule has 0 radical (unpaired) electrons. The molecule has 0 bridgehead atoms. The maximum absolute atomic E-state index is 12.8. The minimum atomic E-state index is -0.0480. The normalized spacial score (nSPS) is 15.7. The van der Waals surface area contributed by atoms with Gasteiger partial charge in [0.05, 0.1) is 40.5 Å². The second-order valence-corrected chi connectivity index (χ2v) is 10.1. The van der Waals surface area contributed by atoms with Crippen molar-refractivity contribution < 1.29 is 19.4 Å². The molecule has 0 unspecified atom stereocenters. The van der Waals surface area contributed by atoms with Gasteiger partial charge in [-0.05, 0) is 55.1 Å². The Labute approximate surface area is 231 Å². The van der Waals surface area contributed by atoms with Gasteiger partial charge in [0.2, 0.25) is 5.91 Å². The Bertz CT molecular complexity index is 1640. The SMILES string of the molecule is CN1CCN(C(=O)Cc2ccc(N=C(c3ccc4c(c3)OCCO4)c3c(O)[nH]c4cc(C#N)ccc34)cc2)CC1. The number of aromatic nitrogens is 1. The van der Waals surface area contributed by atoms with Crippen molar-refractivity contribution in [1.29, 1.82) is 5.26 Å². The lowest BCUT2D eigenvalue weighted by atomic mass is 9.99. The van der Waals surface area contributed by atoms with Crippen molar-refractivity contribution in [2.24, 2.45) is 4.99 Å². The molecule has 3 heterocycles. The molecule has 1 amide bonds. The first-order valence-corrected chi connectivity index (χ1v) is 13.3. The van der Waals surface area contributed by atoms with Crippen LogP contribution in [0.1, 0.15) is 22.3 Å². The van der Waals surface area contributed by atoms with Crippen LogP contribution in [-0.2, 0) is 11.2 Å². The number of nitrogens with one attached hydrogen (secondary N) is 1. The van der Waals surface area contributed by atoms with Gasteiger partial charge in [-0.15, -0.1) is 0 Å². The zero-order valence-electron chi connectivity index (χ0n) is 22.2. The van der Waals surface area contributed by atoms with Crippen molar-refractivity contribution in [3.05, 3.63) is 82.9 Å². The van der Waals surface area contributed by atoms with E-state index in [0.29, 0.717) is 59.2 Å². The number of benzene rings is 3. The average Bonchev–Trinajstić information content (AvgIpc) is 3.31. The largest absolute Gasteiger partial charge is 0.494 e. The summed E-state index contributed by atoms with van der Waals surface area (Å²) in [6.07, 6.45) is 0.340. The number of likely N-dealkylation sites (N-methyl/N-ethyl adjacent to an activating group) is 1. The average molecular weight is 536 g/mol. The molecule has 2 aliphatic rings. The van der Waals surface area contributed by atoms with Gasteiger partial charge in [-0.25, -0.2) is 4.99 Å². The maximum Gasteiger partial charge on any atom is 0.227 e. The summed E-state index contributed by atoms with van der Waals surface area (Å²) in [6.45, 7) is 4.22. The second kappa shape index (κ2) is 10.8. The Balaban J connectivity index is 1.36. The number of carbonyl (C=O) groups excluding carboxylic acids is 1. The lowest BCUT2D eigenvalue weighted by Gasteiger charge is -2.32. The van der Waals surface area contributed by atoms with Crippen molar-refractivity contribution in [2.75, 3.05) is 46.4 Å². The first kappa shape index (κ1) is 25.5.